The predicted octanol–water partition coefficient (Wildman–Crippen LogP) is 3.44. The SMILES string of the molecule is C=CCN1CCC2(c3cccc(O)c3)Cc3[nH]c4ccc([N+](=O)[O-])cc4c3CC2(O)C1. The normalized spacial score (nSPS) is 25.7. The van der Waals surface area contributed by atoms with Crippen LogP contribution in [0, 0.1) is 10.1 Å². The number of nitrogens with one attached hydrogen (secondary N) is 1. The Morgan fingerprint density at radius 3 is 2.84 bits per heavy atom. The molecule has 2 atom stereocenters. The van der Waals surface area contributed by atoms with Crippen molar-refractivity contribution >= 4 is 16.6 Å². The number of hydrogen-bond donors (Lipinski definition) is 3. The summed E-state index contributed by atoms with van der Waals surface area (Å²) >= 11 is 0. The molecule has 7 nitrogen and oxygen atoms in total. The van der Waals surface area contributed by atoms with E-state index in [1.807, 2.05) is 18.2 Å². The van der Waals surface area contributed by atoms with E-state index < -0.39 is 11.0 Å². The van der Waals surface area contributed by atoms with Gasteiger partial charge in [-0.15, -0.1) is 6.58 Å². The van der Waals surface area contributed by atoms with Gasteiger partial charge in [-0.05, 0) is 42.3 Å². The molecule has 0 bridgehead atoms. The second kappa shape index (κ2) is 6.93. The Hall–Kier alpha value is -3.16. The molecule has 160 valence electrons. The number of nitro benzene ring substituents is 1. The Morgan fingerprint density at radius 1 is 1.26 bits per heavy atom. The van der Waals surface area contributed by atoms with Gasteiger partial charge < -0.3 is 15.2 Å². The van der Waals surface area contributed by atoms with Crippen molar-refractivity contribution < 1.29 is 15.1 Å². The summed E-state index contributed by atoms with van der Waals surface area (Å²) in [6, 6.07) is 12.0. The third kappa shape index (κ3) is 2.96. The van der Waals surface area contributed by atoms with Crippen molar-refractivity contribution in [1.29, 1.82) is 0 Å². The van der Waals surface area contributed by atoms with Crippen LogP contribution in [0.5, 0.6) is 5.75 Å². The minimum Gasteiger partial charge on any atom is -0.508 e. The average molecular weight is 419 g/mol. The molecular formula is C24H25N3O4. The quantitative estimate of drug-likeness (QED) is 0.342. The van der Waals surface area contributed by atoms with Crippen LogP contribution in [0.1, 0.15) is 23.2 Å². The van der Waals surface area contributed by atoms with E-state index in [1.165, 1.54) is 6.07 Å². The number of aliphatic hydroxyl groups is 1. The van der Waals surface area contributed by atoms with Gasteiger partial charge in [-0.3, -0.25) is 15.0 Å². The Kier molecular flexibility index (Phi) is 4.42. The Morgan fingerprint density at radius 2 is 2.10 bits per heavy atom. The summed E-state index contributed by atoms with van der Waals surface area (Å²) < 4.78 is 0. The van der Waals surface area contributed by atoms with Crippen molar-refractivity contribution in [3.8, 4) is 5.75 Å². The monoisotopic (exact) mass is 419 g/mol. The lowest BCUT2D eigenvalue weighted by molar-refractivity contribution is -0.384. The van der Waals surface area contributed by atoms with Gasteiger partial charge in [0.05, 0.1) is 10.5 Å². The van der Waals surface area contributed by atoms with Crippen molar-refractivity contribution in [2.45, 2.75) is 30.3 Å². The van der Waals surface area contributed by atoms with Gasteiger partial charge >= 0.3 is 0 Å². The minimum atomic E-state index is -1.09. The first-order chi connectivity index (χ1) is 14.8. The molecule has 3 aromatic rings. The lowest BCUT2D eigenvalue weighted by Gasteiger charge is -2.56. The number of likely N-dealkylation sites (tertiary alicyclic amines) is 1. The van der Waals surface area contributed by atoms with Crippen molar-refractivity contribution in [2.75, 3.05) is 19.6 Å². The van der Waals surface area contributed by atoms with Crippen molar-refractivity contribution in [3.05, 3.63) is 82.1 Å². The highest BCUT2D eigenvalue weighted by atomic mass is 16.6. The largest absolute Gasteiger partial charge is 0.508 e. The number of hydrogen-bond acceptors (Lipinski definition) is 5. The molecule has 31 heavy (non-hydrogen) atoms. The summed E-state index contributed by atoms with van der Waals surface area (Å²) in [6.45, 7) is 5.80. The highest BCUT2D eigenvalue weighted by Crippen LogP contribution is 2.52. The number of β-amino-alcohol motifs (C(OH)–C–C–N with tert-alkyl or cyclic N) is 1. The van der Waals surface area contributed by atoms with E-state index in [0.717, 1.165) is 40.7 Å². The second-order valence-corrected chi connectivity index (χ2v) is 8.86. The summed E-state index contributed by atoms with van der Waals surface area (Å²) in [5.41, 5.74) is 2.09. The van der Waals surface area contributed by atoms with E-state index in [1.54, 1.807) is 24.3 Å². The molecule has 2 aromatic carbocycles. The molecule has 2 heterocycles. The highest BCUT2D eigenvalue weighted by molar-refractivity contribution is 5.87. The van der Waals surface area contributed by atoms with Crippen LogP contribution in [0.2, 0.25) is 0 Å². The molecule has 0 spiro atoms. The molecule has 0 saturated carbocycles. The van der Waals surface area contributed by atoms with Crippen LogP contribution in [0.3, 0.4) is 0 Å². The fraction of sp³-hybridized carbons (Fsp3) is 0.333. The predicted molar refractivity (Wildman–Crippen MR) is 118 cm³/mol. The molecule has 1 fully saturated rings. The van der Waals surface area contributed by atoms with Gasteiger partial charge in [0, 0.05) is 60.1 Å². The lowest BCUT2D eigenvalue weighted by atomic mass is 9.56. The van der Waals surface area contributed by atoms with Gasteiger partial charge in [-0.2, -0.15) is 0 Å². The standard InChI is InChI=1S/C24H25N3O4/c1-2-9-26-10-8-23(16-4-3-5-18(28)11-16)14-22-20(13-24(23,29)15-26)19-12-17(27(30)31)6-7-21(19)25-22/h2-7,11-12,25,28-29H,1,8-10,13-15H2. The Bertz CT molecular complexity index is 1200. The number of nitrogens with zero attached hydrogens (tertiary/aromatic N) is 2. The number of benzene rings is 2. The summed E-state index contributed by atoms with van der Waals surface area (Å²) in [5, 5.41) is 34.5. The van der Waals surface area contributed by atoms with Crippen molar-refractivity contribution in [1.82, 2.24) is 9.88 Å². The molecule has 5 rings (SSSR count). The third-order valence-electron chi connectivity index (χ3n) is 7.15. The maximum absolute atomic E-state index is 12.2. The Balaban J connectivity index is 1.69. The first-order valence-corrected chi connectivity index (χ1v) is 10.5. The van der Waals surface area contributed by atoms with E-state index in [0.29, 0.717) is 25.9 Å². The van der Waals surface area contributed by atoms with Crippen LogP contribution in [-0.2, 0) is 18.3 Å². The van der Waals surface area contributed by atoms with E-state index in [2.05, 4.69) is 16.5 Å². The number of phenolic OH excluding ortho intramolecular Hbond substituents is 1. The van der Waals surface area contributed by atoms with Crippen LogP contribution in [0.15, 0.2) is 55.1 Å². The smallest absolute Gasteiger partial charge is 0.270 e. The zero-order valence-electron chi connectivity index (χ0n) is 17.2. The number of piperidine rings is 1. The highest BCUT2D eigenvalue weighted by Gasteiger charge is 2.57. The number of aromatic hydroxyl groups is 1. The van der Waals surface area contributed by atoms with Gasteiger partial charge in [0.1, 0.15) is 5.75 Å². The van der Waals surface area contributed by atoms with Gasteiger partial charge in [-0.25, -0.2) is 0 Å². The summed E-state index contributed by atoms with van der Waals surface area (Å²) in [7, 11) is 0. The fourth-order valence-corrected chi connectivity index (χ4v) is 5.67. The zero-order valence-corrected chi connectivity index (χ0v) is 17.2. The maximum Gasteiger partial charge on any atom is 0.270 e. The number of fused-ring (bicyclic) bond motifs is 4. The molecule has 2 aliphatic rings. The molecule has 0 amide bonds. The van der Waals surface area contributed by atoms with Crippen LogP contribution < -0.4 is 0 Å². The maximum atomic E-state index is 12.2. The van der Waals surface area contributed by atoms with E-state index in [4.69, 9.17) is 0 Å². The van der Waals surface area contributed by atoms with E-state index in [9.17, 15) is 20.3 Å². The van der Waals surface area contributed by atoms with Crippen LogP contribution in [0.4, 0.5) is 5.69 Å². The van der Waals surface area contributed by atoms with Crippen LogP contribution in [0.25, 0.3) is 10.9 Å². The number of nitro groups is 1. The fourth-order valence-electron chi connectivity index (χ4n) is 5.67. The van der Waals surface area contributed by atoms with E-state index in [-0.39, 0.29) is 16.4 Å². The molecule has 7 heteroatoms. The van der Waals surface area contributed by atoms with E-state index >= 15 is 0 Å². The topological polar surface area (TPSA) is 103 Å². The third-order valence-corrected chi connectivity index (χ3v) is 7.15. The number of rotatable bonds is 4. The Labute approximate surface area is 179 Å². The number of phenols is 1. The molecule has 1 aliphatic carbocycles. The number of aromatic nitrogens is 1. The molecule has 1 aliphatic heterocycles. The first-order valence-electron chi connectivity index (χ1n) is 10.5. The second-order valence-electron chi connectivity index (χ2n) is 8.86. The van der Waals surface area contributed by atoms with Gasteiger partial charge in [-0.1, -0.05) is 18.2 Å². The number of non-ortho nitro benzene ring substituents is 1. The molecule has 3 N–H and O–H groups in total. The van der Waals surface area contributed by atoms with Crippen LogP contribution >= 0.6 is 0 Å². The molecule has 1 saturated heterocycles. The summed E-state index contributed by atoms with van der Waals surface area (Å²) in [5.74, 6) is 0.181. The zero-order chi connectivity index (χ0) is 21.8. The minimum absolute atomic E-state index is 0.0445. The average Bonchev–Trinajstić information content (AvgIpc) is 3.07. The summed E-state index contributed by atoms with van der Waals surface area (Å²) in [4.78, 5) is 16.6. The molecule has 0 radical (unpaired) electrons. The molecular weight excluding hydrogens is 394 g/mol. The van der Waals surface area contributed by atoms with Gasteiger partial charge in [0.15, 0.2) is 0 Å². The van der Waals surface area contributed by atoms with Gasteiger partial charge in [0.2, 0.25) is 0 Å². The molecule has 1 aromatic heterocycles. The molecule has 2 unspecified atom stereocenters. The van der Waals surface area contributed by atoms with Crippen molar-refractivity contribution in [3.63, 3.8) is 0 Å². The summed E-state index contributed by atoms with van der Waals surface area (Å²) in [6.07, 6.45) is 3.53. The van der Waals surface area contributed by atoms with Gasteiger partial charge in [0.25, 0.3) is 5.69 Å². The van der Waals surface area contributed by atoms with Crippen LogP contribution in [-0.4, -0.2) is 50.3 Å². The first kappa shape index (κ1) is 19.8. The number of H-pyrrole nitrogens is 1. The lowest BCUT2D eigenvalue weighted by Crippen LogP contribution is -2.66. The van der Waals surface area contributed by atoms with Crippen molar-refractivity contribution in [2.24, 2.45) is 0 Å². The number of aromatic amines is 1.